The molecule has 0 saturated heterocycles. The minimum atomic E-state index is -0.123. The summed E-state index contributed by atoms with van der Waals surface area (Å²) in [6.45, 7) is 5.57. The van der Waals surface area contributed by atoms with E-state index in [0.29, 0.717) is 11.3 Å². The molecule has 20 heavy (non-hydrogen) atoms. The molecule has 0 radical (unpaired) electrons. The van der Waals surface area contributed by atoms with Gasteiger partial charge in [-0.25, -0.2) is 0 Å². The number of carbonyl (C=O) groups excluding carboxylic acids is 1. The van der Waals surface area contributed by atoms with Crippen molar-refractivity contribution in [1.82, 2.24) is 5.32 Å². The lowest BCUT2D eigenvalue weighted by atomic mass is 10.1. The molecule has 1 atom stereocenters. The Bertz CT molecular complexity index is 599. The molecular formula is C16H19NO3. The zero-order valence-electron chi connectivity index (χ0n) is 12.2. The second kappa shape index (κ2) is 5.82. The fourth-order valence-corrected chi connectivity index (χ4v) is 2.11. The monoisotopic (exact) mass is 273 g/mol. The van der Waals surface area contributed by atoms with Gasteiger partial charge in [0.05, 0.1) is 18.7 Å². The lowest BCUT2D eigenvalue weighted by Crippen LogP contribution is -2.26. The molecule has 2 rings (SSSR count). The van der Waals surface area contributed by atoms with E-state index >= 15 is 0 Å². The van der Waals surface area contributed by atoms with Crippen LogP contribution in [0.3, 0.4) is 0 Å². The van der Waals surface area contributed by atoms with Gasteiger partial charge in [-0.1, -0.05) is 12.1 Å². The van der Waals surface area contributed by atoms with Crippen LogP contribution < -0.4 is 10.1 Å². The molecule has 106 valence electrons. The first-order chi connectivity index (χ1) is 9.51. The number of amides is 1. The summed E-state index contributed by atoms with van der Waals surface area (Å²) in [7, 11) is 1.63. The van der Waals surface area contributed by atoms with Gasteiger partial charge < -0.3 is 14.5 Å². The molecule has 0 aliphatic rings. The number of methoxy groups -OCH3 is 1. The molecule has 0 spiro atoms. The number of nitrogens with one attached hydrogen (secondary N) is 1. The Kier molecular flexibility index (Phi) is 4.13. The average molecular weight is 273 g/mol. The second-order valence-corrected chi connectivity index (χ2v) is 4.80. The van der Waals surface area contributed by atoms with E-state index in [2.05, 4.69) is 5.32 Å². The van der Waals surface area contributed by atoms with Crippen LogP contribution in [0.2, 0.25) is 0 Å². The van der Waals surface area contributed by atoms with E-state index in [1.807, 2.05) is 38.1 Å². The van der Waals surface area contributed by atoms with Gasteiger partial charge in [0.25, 0.3) is 5.91 Å². The molecule has 0 aliphatic heterocycles. The van der Waals surface area contributed by atoms with Crippen molar-refractivity contribution in [3.63, 3.8) is 0 Å². The molecule has 0 aliphatic carbocycles. The van der Waals surface area contributed by atoms with E-state index in [1.54, 1.807) is 20.1 Å². The van der Waals surface area contributed by atoms with Gasteiger partial charge in [0.2, 0.25) is 0 Å². The Hall–Kier alpha value is -2.23. The number of hydrogen-bond donors (Lipinski definition) is 1. The summed E-state index contributed by atoms with van der Waals surface area (Å²) in [5.41, 5.74) is 1.61. The first-order valence-corrected chi connectivity index (χ1v) is 6.53. The van der Waals surface area contributed by atoms with Crippen LogP contribution in [-0.2, 0) is 0 Å². The van der Waals surface area contributed by atoms with Crippen LogP contribution in [0.1, 0.15) is 40.4 Å². The molecule has 0 bridgehead atoms. The maximum atomic E-state index is 12.2. The molecule has 0 unspecified atom stereocenters. The zero-order valence-corrected chi connectivity index (χ0v) is 12.2. The third-order valence-electron chi connectivity index (χ3n) is 3.25. The van der Waals surface area contributed by atoms with Crippen molar-refractivity contribution in [3.05, 3.63) is 53.0 Å². The van der Waals surface area contributed by atoms with Crippen molar-refractivity contribution in [1.29, 1.82) is 0 Å². The number of hydrogen-bond acceptors (Lipinski definition) is 3. The first-order valence-electron chi connectivity index (χ1n) is 6.53. The Labute approximate surface area is 118 Å². The predicted molar refractivity (Wildman–Crippen MR) is 77.1 cm³/mol. The van der Waals surface area contributed by atoms with Crippen LogP contribution in [0.5, 0.6) is 5.75 Å². The molecule has 1 amide bonds. The van der Waals surface area contributed by atoms with Crippen LogP contribution in [0.4, 0.5) is 0 Å². The molecule has 4 nitrogen and oxygen atoms in total. The number of benzene rings is 1. The first kappa shape index (κ1) is 14.2. The van der Waals surface area contributed by atoms with Crippen LogP contribution in [0.15, 0.2) is 34.7 Å². The average Bonchev–Trinajstić information content (AvgIpc) is 2.78. The summed E-state index contributed by atoms with van der Waals surface area (Å²) in [5, 5.41) is 2.96. The lowest BCUT2D eigenvalue weighted by Gasteiger charge is -2.14. The SMILES string of the molecule is COc1ccc([C@H](C)NC(=O)c2cc(C)oc2C)cc1. The minimum Gasteiger partial charge on any atom is -0.497 e. The number of aryl methyl sites for hydroxylation is 2. The van der Waals surface area contributed by atoms with Gasteiger partial charge in [0, 0.05) is 0 Å². The minimum absolute atomic E-state index is 0.0805. The smallest absolute Gasteiger partial charge is 0.255 e. The molecule has 4 heteroatoms. The van der Waals surface area contributed by atoms with Gasteiger partial charge in [-0.15, -0.1) is 0 Å². The van der Waals surface area contributed by atoms with Crippen molar-refractivity contribution in [3.8, 4) is 5.75 Å². The highest BCUT2D eigenvalue weighted by molar-refractivity contribution is 5.95. The van der Waals surface area contributed by atoms with Gasteiger partial charge in [-0.3, -0.25) is 4.79 Å². The molecule has 1 aromatic carbocycles. The summed E-state index contributed by atoms with van der Waals surface area (Å²) >= 11 is 0. The van der Waals surface area contributed by atoms with E-state index in [9.17, 15) is 4.79 Å². The quantitative estimate of drug-likeness (QED) is 0.929. The number of carbonyl (C=O) groups is 1. The summed E-state index contributed by atoms with van der Waals surface area (Å²) in [4.78, 5) is 12.2. The molecule has 1 heterocycles. The highest BCUT2D eigenvalue weighted by Crippen LogP contribution is 2.19. The second-order valence-electron chi connectivity index (χ2n) is 4.80. The van der Waals surface area contributed by atoms with E-state index in [4.69, 9.17) is 9.15 Å². The molecule has 0 fully saturated rings. The van der Waals surface area contributed by atoms with Crippen LogP contribution >= 0.6 is 0 Å². The van der Waals surface area contributed by atoms with E-state index in [-0.39, 0.29) is 11.9 Å². The third-order valence-corrected chi connectivity index (χ3v) is 3.25. The normalized spacial score (nSPS) is 12.0. The van der Waals surface area contributed by atoms with Crippen LogP contribution in [0, 0.1) is 13.8 Å². The van der Waals surface area contributed by atoms with Crippen molar-refractivity contribution in [2.45, 2.75) is 26.8 Å². The van der Waals surface area contributed by atoms with Crippen molar-refractivity contribution in [2.75, 3.05) is 7.11 Å². The van der Waals surface area contributed by atoms with E-state index in [1.165, 1.54) is 0 Å². The maximum Gasteiger partial charge on any atom is 0.255 e. The van der Waals surface area contributed by atoms with Crippen molar-refractivity contribution >= 4 is 5.91 Å². The van der Waals surface area contributed by atoms with Gasteiger partial charge in [0.15, 0.2) is 0 Å². The van der Waals surface area contributed by atoms with Crippen molar-refractivity contribution < 1.29 is 13.9 Å². The fourth-order valence-electron chi connectivity index (χ4n) is 2.11. The summed E-state index contributed by atoms with van der Waals surface area (Å²) < 4.78 is 10.5. The van der Waals surface area contributed by atoms with Crippen LogP contribution in [0.25, 0.3) is 0 Å². The lowest BCUT2D eigenvalue weighted by molar-refractivity contribution is 0.0938. The van der Waals surface area contributed by atoms with Gasteiger partial charge in [-0.05, 0) is 44.5 Å². The topological polar surface area (TPSA) is 51.5 Å². The largest absolute Gasteiger partial charge is 0.497 e. The molecule has 1 N–H and O–H groups in total. The molecular weight excluding hydrogens is 254 g/mol. The molecule has 1 aromatic heterocycles. The highest BCUT2D eigenvalue weighted by Gasteiger charge is 2.16. The summed E-state index contributed by atoms with van der Waals surface area (Å²) in [5.74, 6) is 2.06. The predicted octanol–water partition coefficient (Wildman–Crippen LogP) is 3.40. The summed E-state index contributed by atoms with van der Waals surface area (Å²) in [6, 6.07) is 9.32. The Balaban J connectivity index is 2.08. The summed E-state index contributed by atoms with van der Waals surface area (Å²) in [6.07, 6.45) is 0. The van der Waals surface area contributed by atoms with Gasteiger partial charge >= 0.3 is 0 Å². The molecule has 0 saturated carbocycles. The highest BCUT2D eigenvalue weighted by atomic mass is 16.5. The van der Waals surface area contributed by atoms with Crippen LogP contribution in [-0.4, -0.2) is 13.0 Å². The van der Waals surface area contributed by atoms with E-state index in [0.717, 1.165) is 17.1 Å². The zero-order chi connectivity index (χ0) is 14.7. The number of rotatable bonds is 4. The molecule has 2 aromatic rings. The Morgan fingerprint density at radius 1 is 1.25 bits per heavy atom. The Morgan fingerprint density at radius 3 is 2.40 bits per heavy atom. The number of furan rings is 1. The van der Waals surface area contributed by atoms with Crippen molar-refractivity contribution in [2.24, 2.45) is 0 Å². The third kappa shape index (κ3) is 3.02. The fraction of sp³-hybridized carbons (Fsp3) is 0.312. The standard InChI is InChI=1S/C16H19NO3/c1-10-9-15(12(3)20-10)16(18)17-11(2)13-5-7-14(19-4)8-6-13/h5-9,11H,1-4H3,(H,17,18)/t11-/m0/s1. The van der Waals surface area contributed by atoms with Gasteiger partial charge in [-0.2, -0.15) is 0 Å². The Morgan fingerprint density at radius 2 is 1.90 bits per heavy atom. The number of ether oxygens (including phenoxy) is 1. The van der Waals surface area contributed by atoms with Gasteiger partial charge in [0.1, 0.15) is 17.3 Å². The van der Waals surface area contributed by atoms with E-state index < -0.39 is 0 Å². The maximum absolute atomic E-state index is 12.2.